The summed E-state index contributed by atoms with van der Waals surface area (Å²) in [6, 6.07) is 14.8. The van der Waals surface area contributed by atoms with Gasteiger partial charge in [-0.2, -0.15) is 0 Å². The van der Waals surface area contributed by atoms with Crippen LogP contribution in [-0.2, 0) is 6.54 Å². The zero-order valence-electron chi connectivity index (χ0n) is 15.3. The number of carbonyl (C=O) groups is 1. The maximum Gasteiger partial charge on any atom is 0.251 e. The number of aromatic nitrogens is 2. The second kappa shape index (κ2) is 8.80. The van der Waals surface area contributed by atoms with Gasteiger partial charge in [-0.25, -0.2) is 4.98 Å². The van der Waals surface area contributed by atoms with Gasteiger partial charge in [0.05, 0.1) is 11.8 Å². The number of rotatable bonds is 7. The number of hydrogen-bond donors (Lipinski definition) is 2. The number of carbonyl (C=O) groups excluding carboxylic acids is 1. The topological polar surface area (TPSA) is 76.1 Å². The number of pyridine rings is 2. The lowest BCUT2D eigenvalue weighted by atomic mass is 10.2. The summed E-state index contributed by atoms with van der Waals surface area (Å²) in [7, 11) is 0. The van der Waals surface area contributed by atoms with E-state index in [2.05, 4.69) is 20.6 Å². The molecule has 2 N–H and O–H groups in total. The summed E-state index contributed by atoms with van der Waals surface area (Å²) >= 11 is 0. The van der Waals surface area contributed by atoms with Crippen LogP contribution < -0.4 is 15.4 Å². The van der Waals surface area contributed by atoms with E-state index in [-0.39, 0.29) is 12.0 Å². The molecule has 0 aliphatic heterocycles. The van der Waals surface area contributed by atoms with Crippen LogP contribution in [0.25, 0.3) is 0 Å². The quantitative estimate of drug-likeness (QED) is 0.666. The summed E-state index contributed by atoms with van der Waals surface area (Å²) < 4.78 is 5.81. The van der Waals surface area contributed by atoms with Crippen molar-refractivity contribution in [3.63, 3.8) is 0 Å². The fourth-order valence-corrected chi connectivity index (χ4v) is 2.49. The van der Waals surface area contributed by atoms with E-state index in [9.17, 15) is 4.79 Å². The molecule has 0 fully saturated rings. The minimum atomic E-state index is -0.170. The van der Waals surface area contributed by atoms with E-state index in [1.807, 2.05) is 50.2 Å². The Morgan fingerprint density at radius 3 is 2.74 bits per heavy atom. The van der Waals surface area contributed by atoms with Crippen molar-refractivity contribution in [3.05, 3.63) is 78.2 Å². The van der Waals surface area contributed by atoms with Gasteiger partial charge in [0, 0.05) is 30.7 Å². The van der Waals surface area contributed by atoms with Crippen LogP contribution in [0.1, 0.15) is 29.8 Å². The van der Waals surface area contributed by atoms with Gasteiger partial charge < -0.3 is 15.4 Å². The third-order valence-electron chi connectivity index (χ3n) is 3.71. The van der Waals surface area contributed by atoms with E-state index in [0.717, 1.165) is 17.0 Å². The molecule has 0 spiro atoms. The first-order valence-electron chi connectivity index (χ1n) is 8.77. The molecule has 1 aromatic carbocycles. The summed E-state index contributed by atoms with van der Waals surface area (Å²) in [5.74, 6) is 1.14. The van der Waals surface area contributed by atoms with Gasteiger partial charge in [-0.05, 0) is 49.7 Å². The molecule has 0 aliphatic carbocycles. The van der Waals surface area contributed by atoms with E-state index < -0.39 is 0 Å². The first kappa shape index (κ1) is 18.4. The first-order chi connectivity index (χ1) is 13.1. The van der Waals surface area contributed by atoms with Crippen molar-refractivity contribution < 1.29 is 9.53 Å². The minimum absolute atomic E-state index is 0.0606. The third-order valence-corrected chi connectivity index (χ3v) is 3.71. The average Bonchev–Trinajstić information content (AvgIpc) is 2.68. The highest BCUT2D eigenvalue weighted by Gasteiger charge is 2.09. The number of ether oxygens (including phenoxy) is 1. The third kappa shape index (κ3) is 5.28. The molecule has 0 radical (unpaired) electrons. The lowest BCUT2D eigenvalue weighted by molar-refractivity contribution is 0.0951. The Bertz CT molecular complexity index is 897. The second-order valence-electron chi connectivity index (χ2n) is 6.26. The fraction of sp³-hybridized carbons (Fsp3) is 0.190. The molecule has 3 rings (SSSR count). The number of amides is 1. The Labute approximate surface area is 158 Å². The van der Waals surface area contributed by atoms with Gasteiger partial charge in [0.2, 0.25) is 0 Å². The zero-order valence-corrected chi connectivity index (χ0v) is 15.3. The predicted molar refractivity (Wildman–Crippen MR) is 105 cm³/mol. The van der Waals surface area contributed by atoms with Gasteiger partial charge in [-0.3, -0.25) is 9.78 Å². The first-order valence-corrected chi connectivity index (χ1v) is 8.77. The predicted octanol–water partition coefficient (Wildman–Crippen LogP) is 3.94. The van der Waals surface area contributed by atoms with Crippen LogP contribution in [0.3, 0.4) is 0 Å². The number of para-hydroxylation sites is 2. The van der Waals surface area contributed by atoms with Gasteiger partial charge in [-0.15, -0.1) is 0 Å². The standard InChI is InChI=1S/C21H22N4O2/c1-15(2)27-19-8-4-3-7-18(19)25-20-12-17(9-11-23-20)21(26)24-14-16-6-5-10-22-13-16/h3-13,15H,14H2,1-2H3,(H,23,25)(H,24,26). The maximum atomic E-state index is 12.4. The molecule has 0 saturated carbocycles. The molecule has 27 heavy (non-hydrogen) atoms. The molecule has 6 heteroatoms. The van der Waals surface area contributed by atoms with Crippen LogP contribution in [-0.4, -0.2) is 22.0 Å². The number of nitrogens with zero attached hydrogens (tertiary/aromatic N) is 2. The van der Waals surface area contributed by atoms with Gasteiger partial charge in [0.25, 0.3) is 5.91 Å². The zero-order chi connectivity index (χ0) is 19.1. The number of nitrogens with one attached hydrogen (secondary N) is 2. The Morgan fingerprint density at radius 1 is 1.11 bits per heavy atom. The highest BCUT2D eigenvalue weighted by atomic mass is 16.5. The molecule has 0 bridgehead atoms. The van der Waals surface area contributed by atoms with Gasteiger partial charge in [0.1, 0.15) is 11.6 Å². The van der Waals surface area contributed by atoms with Gasteiger partial charge in [0.15, 0.2) is 0 Å². The van der Waals surface area contributed by atoms with Crippen molar-refractivity contribution in [1.82, 2.24) is 15.3 Å². The smallest absolute Gasteiger partial charge is 0.251 e. The molecule has 0 atom stereocenters. The molecule has 0 saturated heterocycles. The number of anilines is 2. The highest BCUT2D eigenvalue weighted by molar-refractivity contribution is 5.94. The average molecular weight is 362 g/mol. The second-order valence-corrected chi connectivity index (χ2v) is 6.26. The fourth-order valence-electron chi connectivity index (χ4n) is 2.49. The Balaban J connectivity index is 1.69. The largest absolute Gasteiger partial charge is 0.489 e. The Morgan fingerprint density at radius 2 is 1.96 bits per heavy atom. The molecule has 6 nitrogen and oxygen atoms in total. The molecular formula is C21H22N4O2. The van der Waals surface area contributed by atoms with E-state index in [0.29, 0.717) is 17.9 Å². The van der Waals surface area contributed by atoms with Gasteiger partial charge >= 0.3 is 0 Å². The summed E-state index contributed by atoms with van der Waals surface area (Å²) in [6.45, 7) is 4.37. The molecule has 1 amide bonds. The van der Waals surface area contributed by atoms with Crippen molar-refractivity contribution in [2.75, 3.05) is 5.32 Å². The minimum Gasteiger partial charge on any atom is -0.489 e. The lowest BCUT2D eigenvalue weighted by Crippen LogP contribution is -2.23. The summed E-state index contributed by atoms with van der Waals surface area (Å²) in [5, 5.41) is 6.11. The molecule has 0 aliphatic rings. The maximum absolute atomic E-state index is 12.4. The summed E-state index contributed by atoms with van der Waals surface area (Å²) in [4.78, 5) is 20.8. The highest BCUT2D eigenvalue weighted by Crippen LogP contribution is 2.27. The van der Waals surface area contributed by atoms with Crippen molar-refractivity contribution in [2.24, 2.45) is 0 Å². The Hall–Kier alpha value is -3.41. The van der Waals surface area contributed by atoms with Crippen LogP contribution >= 0.6 is 0 Å². The van der Waals surface area contributed by atoms with Crippen LogP contribution in [0.5, 0.6) is 5.75 Å². The van der Waals surface area contributed by atoms with E-state index in [1.165, 1.54) is 0 Å². The van der Waals surface area contributed by atoms with E-state index in [1.54, 1.807) is 30.7 Å². The van der Waals surface area contributed by atoms with Crippen molar-refractivity contribution >= 4 is 17.4 Å². The molecule has 3 aromatic rings. The molecular weight excluding hydrogens is 340 g/mol. The van der Waals surface area contributed by atoms with Crippen LogP contribution in [0, 0.1) is 0 Å². The monoisotopic (exact) mass is 362 g/mol. The Kier molecular flexibility index (Phi) is 5.99. The number of benzene rings is 1. The van der Waals surface area contributed by atoms with Crippen LogP contribution in [0.4, 0.5) is 11.5 Å². The lowest BCUT2D eigenvalue weighted by Gasteiger charge is -2.15. The van der Waals surface area contributed by atoms with Crippen LogP contribution in [0.2, 0.25) is 0 Å². The summed E-state index contributed by atoms with van der Waals surface area (Å²) in [5.41, 5.74) is 2.27. The van der Waals surface area contributed by atoms with Crippen molar-refractivity contribution in [3.8, 4) is 5.75 Å². The van der Waals surface area contributed by atoms with Crippen LogP contribution in [0.15, 0.2) is 67.1 Å². The molecule has 138 valence electrons. The van der Waals surface area contributed by atoms with Gasteiger partial charge in [-0.1, -0.05) is 18.2 Å². The molecule has 2 aromatic heterocycles. The van der Waals surface area contributed by atoms with Crippen molar-refractivity contribution in [1.29, 1.82) is 0 Å². The van der Waals surface area contributed by atoms with E-state index >= 15 is 0 Å². The normalized spacial score (nSPS) is 10.5. The number of hydrogen-bond acceptors (Lipinski definition) is 5. The summed E-state index contributed by atoms with van der Waals surface area (Å²) in [6.07, 6.45) is 5.09. The SMILES string of the molecule is CC(C)Oc1ccccc1Nc1cc(C(=O)NCc2cccnc2)ccn1. The molecule has 2 heterocycles. The molecule has 0 unspecified atom stereocenters. The van der Waals surface area contributed by atoms with E-state index in [4.69, 9.17) is 4.74 Å². The van der Waals surface area contributed by atoms with Crippen molar-refractivity contribution in [2.45, 2.75) is 26.5 Å².